The van der Waals surface area contributed by atoms with Gasteiger partial charge in [0.2, 0.25) is 0 Å². The van der Waals surface area contributed by atoms with Gasteiger partial charge in [-0.15, -0.1) is 0 Å². The van der Waals surface area contributed by atoms with Gasteiger partial charge >= 0.3 is 17.9 Å². The molecular weight excluding hydrogens is 398 g/mol. The number of carboxylic acid groups (broad SMARTS) is 2. The van der Waals surface area contributed by atoms with Crippen molar-refractivity contribution in [2.75, 3.05) is 20.6 Å². The van der Waals surface area contributed by atoms with E-state index in [4.69, 9.17) is 14.9 Å². The van der Waals surface area contributed by atoms with Gasteiger partial charge in [0.05, 0.1) is 0 Å². The Morgan fingerprint density at radius 2 is 1.71 bits per heavy atom. The van der Waals surface area contributed by atoms with Crippen LogP contribution in [0.15, 0.2) is 42.5 Å². The van der Waals surface area contributed by atoms with E-state index in [0.717, 1.165) is 25.8 Å². The second kappa shape index (κ2) is 12.9. The second-order valence-corrected chi connectivity index (χ2v) is 8.16. The van der Waals surface area contributed by atoms with Gasteiger partial charge in [-0.3, -0.25) is 4.79 Å². The first kappa shape index (κ1) is 26.4. The lowest BCUT2D eigenvalue weighted by molar-refractivity contribution is -0.174. The van der Waals surface area contributed by atoms with E-state index in [2.05, 4.69) is 56.3 Å². The lowest BCUT2D eigenvalue weighted by Gasteiger charge is -2.48. The third kappa shape index (κ3) is 8.53. The first-order valence-electron chi connectivity index (χ1n) is 10.7. The minimum atomic E-state index is -1.26. The Hall–Kier alpha value is -2.67. The van der Waals surface area contributed by atoms with Crippen LogP contribution in [0, 0.1) is 5.92 Å². The topological polar surface area (TPSA) is 104 Å². The highest BCUT2D eigenvalue weighted by molar-refractivity contribution is 5.89. The van der Waals surface area contributed by atoms with Crippen LogP contribution in [-0.2, 0) is 19.1 Å². The molecular formula is C24H35NO6. The summed E-state index contributed by atoms with van der Waals surface area (Å²) in [7, 11) is 4.18. The van der Waals surface area contributed by atoms with Crippen molar-refractivity contribution in [1.29, 1.82) is 0 Å². The number of carbonyl (C=O) groups is 3. The highest BCUT2D eigenvalue weighted by Crippen LogP contribution is 2.48. The fraction of sp³-hybridized carbons (Fsp3) is 0.542. The minimum absolute atomic E-state index is 0.0709. The summed E-state index contributed by atoms with van der Waals surface area (Å²) >= 11 is 0. The number of aliphatic carboxylic acids is 2. The molecule has 3 unspecified atom stereocenters. The van der Waals surface area contributed by atoms with Crippen molar-refractivity contribution in [3.05, 3.63) is 48.0 Å². The number of esters is 1. The maximum atomic E-state index is 12.2. The van der Waals surface area contributed by atoms with Gasteiger partial charge in [-0.1, -0.05) is 50.6 Å². The molecule has 1 aromatic carbocycles. The molecule has 0 radical (unpaired) electrons. The predicted octanol–water partition coefficient (Wildman–Crippen LogP) is 3.95. The summed E-state index contributed by atoms with van der Waals surface area (Å²) in [6, 6.07) is 10.6. The standard InChI is InChI=1S/C20H31NO2.C4H4O4/c1-5-19(22)23-20(16(2)15-21(3)4)14-10-9-13-18(20)17-11-7-6-8-12-17;5-3(6)1-2-4(7)8/h6-8,11-12,16,18H,5,9-10,13-15H2,1-4H3;1-2H,(H,5,6)(H,7,8). The zero-order chi connectivity index (χ0) is 23.4. The Kier molecular flexibility index (Phi) is 11.0. The Morgan fingerprint density at radius 3 is 2.19 bits per heavy atom. The van der Waals surface area contributed by atoms with E-state index in [1.54, 1.807) is 0 Å². The Balaban J connectivity index is 0.000000512. The van der Waals surface area contributed by atoms with Gasteiger partial charge in [-0.05, 0) is 38.9 Å². The fourth-order valence-corrected chi connectivity index (χ4v) is 4.24. The summed E-state index contributed by atoms with van der Waals surface area (Å²) in [6.07, 6.45) is 5.96. The molecule has 0 bridgehead atoms. The summed E-state index contributed by atoms with van der Waals surface area (Å²) in [4.78, 5) is 33.5. The summed E-state index contributed by atoms with van der Waals surface area (Å²) in [5, 5.41) is 15.6. The van der Waals surface area contributed by atoms with E-state index in [-0.39, 0.29) is 11.6 Å². The molecule has 1 aliphatic carbocycles. The van der Waals surface area contributed by atoms with E-state index >= 15 is 0 Å². The normalized spacial score (nSPS) is 21.8. The van der Waals surface area contributed by atoms with Gasteiger partial charge in [-0.25, -0.2) is 9.59 Å². The van der Waals surface area contributed by atoms with Gasteiger partial charge in [0.15, 0.2) is 0 Å². The molecule has 172 valence electrons. The summed E-state index contributed by atoms with van der Waals surface area (Å²) in [5.74, 6) is -1.99. The van der Waals surface area contributed by atoms with Gasteiger partial charge in [-0.2, -0.15) is 0 Å². The molecule has 0 amide bonds. The Bertz CT molecular complexity index is 730. The maximum absolute atomic E-state index is 12.2. The zero-order valence-corrected chi connectivity index (χ0v) is 18.9. The van der Waals surface area contributed by atoms with E-state index in [9.17, 15) is 14.4 Å². The minimum Gasteiger partial charge on any atom is -0.478 e. The van der Waals surface area contributed by atoms with Crippen LogP contribution in [0.2, 0.25) is 0 Å². The largest absolute Gasteiger partial charge is 0.478 e. The number of hydrogen-bond donors (Lipinski definition) is 2. The molecule has 0 aliphatic heterocycles. The number of rotatable bonds is 8. The first-order chi connectivity index (χ1) is 14.6. The van der Waals surface area contributed by atoms with Crippen LogP contribution in [0.1, 0.15) is 57.4 Å². The molecule has 2 rings (SSSR count). The maximum Gasteiger partial charge on any atom is 0.328 e. The van der Waals surface area contributed by atoms with Crippen LogP contribution >= 0.6 is 0 Å². The fourth-order valence-electron chi connectivity index (χ4n) is 4.24. The summed E-state index contributed by atoms with van der Waals surface area (Å²) in [6.45, 7) is 5.05. The van der Waals surface area contributed by atoms with Gasteiger partial charge in [0.1, 0.15) is 5.60 Å². The zero-order valence-electron chi connectivity index (χ0n) is 18.9. The third-order valence-corrected chi connectivity index (χ3v) is 5.54. The van der Waals surface area contributed by atoms with E-state index < -0.39 is 11.9 Å². The van der Waals surface area contributed by atoms with Crippen molar-refractivity contribution in [3.63, 3.8) is 0 Å². The molecule has 0 spiro atoms. The third-order valence-electron chi connectivity index (χ3n) is 5.54. The highest BCUT2D eigenvalue weighted by Gasteiger charge is 2.48. The van der Waals surface area contributed by atoms with Crippen LogP contribution in [0.5, 0.6) is 0 Å². The Morgan fingerprint density at radius 1 is 1.13 bits per heavy atom. The van der Waals surface area contributed by atoms with Crippen molar-refractivity contribution in [2.45, 2.75) is 57.5 Å². The van der Waals surface area contributed by atoms with E-state index in [0.29, 0.717) is 30.4 Å². The number of nitrogens with zero attached hydrogens (tertiary/aromatic N) is 1. The molecule has 1 fully saturated rings. The smallest absolute Gasteiger partial charge is 0.328 e. The van der Waals surface area contributed by atoms with Crippen molar-refractivity contribution >= 4 is 17.9 Å². The molecule has 7 heteroatoms. The van der Waals surface area contributed by atoms with E-state index in [1.807, 2.05) is 6.92 Å². The number of benzene rings is 1. The van der Waals surface area contributed by atoms with Crippen LogP contribution in [0.25, 0.3) is 0 Å². The lowest BCUT2D eigenvalue weighted by atomic mass is 9.66. The summed E-state index contributed by atoms with van der Waals surface area (Å²) in [5.41, 5.74) is 0.929. The molecule has 1 saturated carbocycles. The monoisotopic (exact) mass is 433 g/mol. The molecule has 2 N–H and O–H groups in total. The highest BCUT2D eigenvalue weighted by atomic mass is 16.6. The van der Waals surface area contributed by atoms with Crippen LogP contribution in [0.4, 0.5) is 0 Å². The molecule has 1 aromatic rings. The van der Waals surface area contributed by atoms with Crippen molar-refractivity contribution in [3.8, 4) is 0 Å². The van der Waals surface area contributed by atoms with Crippen molar-refractivity contribution < 1.29 is 29.3 Å². The van der Waals surface area contributed by atoms with E-state index in [1.165, 1.54) is 12.0 Å². The van der Waals surface area contributed by atoms with Crippen molar-refractivity contribution in [1.82, 2.24) is 4.90 Å². The predicted molar refractivity (Wildman–Crippen MR) is 119 cm³/mol. The van der Waals surface area contributed by atoms with Crippen LogP contribution in [-0.4, -0.2) is 59.3 Å². The average molecular weight is 434 g/mol. The van der Waals surface area contributed by atoms with Crippen LogP contribution in [0.3, 0.4) is 0 Å². The van der Waals surface area contributed by atoms with Gasteiger partial charge in [0.25, 0.3) is 0 Å². The molecule has 1 aliphatic rings. The van der Waals surface area contributed by atoms with Gasteiger partial charge in [0, 0.05) is 37.0 Å². The summed E-state index contributed by atoms with van der Waals surface area (Å²) < 4.78 is 6.19. The first-order valence-corrected chi connectivity index (χ1v) is 10.7. The second-order valence-electron chi connectivity index (χ2n) is 8.16. The van der Waals surface area contributed by atoms with Crippen LogP contribution < -0.4 is 0 Å². The Labute approximate surface area is 184 Å². The molecule has 31 heavy (non-hydrogen) atoms. The average Bonchev–Trinajstić information content (AvgIpc) is 2.73. The molecule has 0 heterocycles. The molecule has 7 nitrogen and oxygen atoms in total. The van der Waals surface area contributed by atoms with Crippen molar-refractivity contribution in [2.24, 2.45) is 5.92 Å². The number of hydrogen-bond acceptors (Lipinski definition) is 5. The molecule has 0 aromatic heterocycles. The quantitative estimate of drug-likeness (QED) is 0.472. The molecule has 0 saturated heterocycles. The number of ether oxygens (including phenoxy) is 1. The SMILES string of the molecule is CCC(=O)OC1(C(C)CN(C)C)CCCCC1c1ccccc1.O=C(O)C=CC(=O)O. The number of carbonyl (C=O) groups excluding carboxylic acids is 1. The molecule has 3 atom stereocenters. The number of carboxylic acids is 2. The van der Waals surface area contributed by atoms with Gasteiger partial charge < -0.3 is 19.8 Å². The lowest BCUT2D eigenvalue weighted by Crippen LogP contribution is -2.51.